The van der Waals surface area contributed by atoms with Crippen molar-refractivity contribution in [2.45, 2.75) is 19.2 Å². The topological polar surface area (TPSA) is 76.5 Å². The maximum Gasteiger partial charge on any atom is 0.213 e. The van der Waals surface area contributed by atoms with Gasteiger partial charge in [-0.15, -0.1) is 0 Å². The van der Waals surface area contributed by atoms with E-state index in [9.17, 15) is 8.42 Å². The Morgan fingerprint density at radius 3 is 2.76 bits per heavy atom. The number of fused-ring (bicyclic) bond motifs is 1. The third-order valence-electron chi connectivity index (χ3n) is 5.13. The summed E-state index contributed by atoms with van der Waals surface area (Å²) in [4.78, 5) is 6.60. The predicted octanol–water partition coefficient (Wildman–Crippen LogP) is 1.86. The van der Waals surface area contributed by atoms with Crippen molar-refractivity contribution in [3.05, 3.63) is 66.5 Å². The minimum atomic E-state index is -3.40. The number of morpholine rings is 1. The minimum Gasteiger partial charge on any atom is -0.374 e. The van der Waals surface area contributed by atoms with Crippen molar-refractivity contribution in [1.29, 1.82) is 0 Å². The van der Waals surface area contributed by atoms with E-state index in [1.165, 1.54) is 5.56 Å². The van der Waals surface area contributed by atoms with Gasteiger partial charge in [-0.2, -0.15) is 0 Å². The van der Waals surface area contributed by atoms with E-state index in [4.69, 9.17) is 4.74 Å². The summed E-state index contributed by atoms with van der Waals surface area (Å²) in [7, 11) is -3.40. The lowest BCUT2D eigenvalue weighted by Crippen LogP contribution is -2.47. The molecular weight excluding hydrogens is 388 g/mol. The summed E-state index contributed by atoms with van der Waals surface area (Å²) in [5, 5.41) is 0. The fourth-order valence-electron chi connectivity index (χ4n) is 3.59. The molecule has 29 heavy (non-hydrogen) atoms. The molecule has 1 aliphatic heterocycles. The lowest BCUT2D eigenvalue weighted by Gasteiger charge is -2.33. The molecule has 2 heterocycles. The van der Waals surface area contributed by atoms with Crippen LogP contribution in [0.2, 0.25) is 0 Å². The Balaban J connectivity index is 1.27. The number of aromatic nitrogens is 2. The summed E-state index contributed by atoms with van der Waals surface area (Å²) in [5.74, 6) is 0.00774. The molecule has 1 fully saturated rings. The van der Waals surface area contributed by atoms with E-state index in [1.807, 2.05) is 47.0 Å². The van der Waals surface area contributed by atoms with Crippen LogP contribution in [-0.2, 0) is 27.8 Å². The van der Waals surface area contributed by atoms with E-state index in [2.05, 4.69) is 26.7 Å². The van der Waals surface area contributed by atoms with Crippen molar-refractivity contribution >= 4 is 21.1 Å². The highest BCUT2D eigenvalue weighted by Gasteiger charge is 2.22. The van der Waals surface area contributed by atoms with Gasteiger partial charge in [0.25, 0.3) is 0 Å². The first kappa shape index (κ1) is 20.0. The monoisotopic (exact) mass is 414 g/mol. The molecule has 7 nitrogen and oxygen atoms in total. The quantitative estimate of drug-likeness (QED) is 0.609. The normalized spacial score (nSPS) is 18.3. The average Bonchev–Trinajstić information content (AvgIpc) is 3.15. The smallest absolute Gasteiger partial charge is 0.213 e. The van der Waals surface area contributed by atoms with Gasteiger partial charge in [-0.1, -0.05) is 42.5 Å². The van der Waals surface area contributed by atoms with Crippen molar-refractivity contribution < 1.29 is 13.2 Å². The van der Waals surface area contributed by atoms with E-state index in [0.29, 0.717) is 19.7 Å². The number of aryl methyl sites for hydroxylation is 1. The summed E-state index contributed by atoms with van der Waals surface area (Å²) in [6.45, 7) is 3.68. The molecule has 0 radical (unpaired) electrons. The summed E-state index contributed by atoms with van der Waals surface area (Å²) in [6.07, 6.45) is 1.54. The number of benzene rings is 2. The zero-order chi connectivity index (χ0) is 20.1. The van der Waals surface area contributed by atoms with Gasteiger partial charge < -0.3 is 9.30 Å². The van der Waals surface area contributed by atoms with Crippen molar-refractivity contribution in [2.75, 3.05) is 32.0 Å². The minimum absolute atomic E-state index is 0.00774. The van der Waals surface area contributed by atoms with Crippen LogP contribution in [0.1, 0.15) is 5.56 Å². The van der Waals surface area contributed by atoms with Crippen LogP contribution in [0, 0.1) is 0 Å². The molecule has 3 aromatic rings. The molecule has 8 heteroatoms. The van der Waals surface area contributed by atoms with Gasteiger partial charge in [0.1, 0.15) is 0 Å². The maximum atomic E-state index is 12.5. The number of para-hydroxylation sites is 2. The Morgan fingerprint density at radius 2 is 1.90 bits per heavy atom. The molecule has 1 unspecified atom stereocenters. The lowest BCUT2D eigenvalue weighted by atomic mass is 10.2. The van der Waals surface area contributed by atoms with E-state index in [0.717, 1.165) is 24.1 Å². The van der Waals surface area contributed by atoms with Gasteiger partial charge in [0.05, 0.1) is 35.8 Å². The average molecular weight is 415 g/mol. The molecule has 1 saturated heterocycles. The fourth-order valence-corrected chi connectivity index (χ4v) is 4.61. The first-order chi connectivity index (χ1) is 14.1. The van der Waals surface area contributed by atoms with Gasteiger partial charge in [-0.05, 0) is 17.7 Å². The Hall–Kier alpha value is -2.26. The SMILES string of the molecule is O=S(=O)(CCn1cnc2ccccc21)NCC1CN(Cc2ccccc2)CCO1. The van der Waals surface area contributed by atoms with Crippen LogP contribution >= 0.6 is 0 Å². The first-order valence-corrected chi connectivity index (χ1v) is 11.5. The Labute approximate surface area is 171 Å². The molecule has 0 amide bonds. The molecular formula is C21H26N4O3S. The van der Waals surface area contributed by atoms with Crippen LogP contribution in [-0.4, -0.2) is 61.0 Å². The number of ether oxygens (including phenoxy) is 1. The summed E-state index contributed by atoms with van der Waals surface area (Å²) >= 11 is 0. The van der Waals surface area contributed by atoms with E-state index >= 15 is 0 Å². The molecule has 0 spiro atoms. The van der Waals surface area contributed by atoms with Gasteiger partial charge in [-0.3, -0.25) is 4.90 Å². The molecule has 1 aromatic heterocycles. The molecule has 1 aliphatic rings. The van der Waals surface area contributed by atoms with Crippen LogP contribution in [0.25, 0.3) is 11.0 Å². The van der Waals surface area contributed by atoms with Gasteiger partial charge >= 0.3 is 0 Å². The fraction of sp³-hybridized carbons (Fsp3) is 0.381. The number of hydrogen-bond acceptors (Lipinski definition) is 5. The standard InChI is InChI=1S/C21H26N4O3S/c26-29(27,13-11-25-17-22-20-8-4-5-9-21(20)25)23-14-19-16-24(10-12-28-19)15-18-6-2-1-3-7-18/h1-9,17,19,23H,10-16H2. The van der Waals surface area contributed by atoms with Crippen LogP contribution < -0.4 is 4.72 Å². The molecule has 154 valence electrons. The van der Waals surface area contributed by atoms with Crippen LogP contribution in [0.5, 0.6) is 0 Å². The van der Waals surface area contributed by atoms with Crippen LogP contribution in [0.15, 0.2) is 60.9 Å². The highest BCUT2D eigenvalue weighted by Crippen LogP contribution is 2.12. The second-order valence-corrected chi connectivity index (χ2v) is 9.23. The molecule has 0 bridgehead atoms. The van der Waals surface area contributed by atoms with Gasteiger partial charge in [0.2, 0.25) is 10.0 Å². The number of hydrogen-bond donors (Lipinski definition) is 1. The van der Waals surface area contributed by atoms with Crippen LogP contribution in [0.4, 0.5) is 0 Å². The number of nitrogens with zero attached hydrogens (tertiary/aromatic N) is 3. The molecule has 0 saturated carbocycles. The Morgan fingerprint density at radius 1 is 1.10 bits per heavy atom. The molecule has 2 aromatic carbocycles. The summed E-state index contributed by atoms with van der Waals surface area (Å²) in [5.41, 5.74) is 3.06. The van der Waals surface area contributed by atoms with Gasteiger partial charge in [0.15, 0.2) is 0 Å². The zero-order valence-corrected chi connectivity index (χ0v) is 17.1. The summed E-state index contributed by atoms with van der Waals surface area (Å²) in [6, 6.07) is 18.0. The highest BCUT2D eigenvalue weighted by atomic mass is 32.2. The number of nitrogens with one attached hydrogen (secondary N) is 1. The largest absolute Gasteiger partial charge is 0.374 e. The van der Waals surface area contributed by atoms with Crippen LogP contribution in [0.3, 0.4) is 0 Å². The van der Waals surface area contributed by atoms with Crippen molar-refractivity contribution in [1.82, 2.24) is 19.2 Å². The first-order valence-electron chi connectivity index (χ1n) is 9.84. The Kier molecular flexibility index (Phi) is 6.25. The second kappa shape index (κ2) is 9.04. The molecule has 0 aliphatic carbocycles. The third-order valence-corrected chi connectivity index (χ3v) is 6.46. The maximum absolute atomic E-state index is 12.5. The molecule has 1 atom stereocenters. The van der Waals surface area contributed by atoms with E-state index in [-0.39, 0.29) is 18.4 Å². The lowest BCUT2D eigenvalue weighted by molar-refractivity contribution is -0.0276. The molecule has 1 N–H and O–H groups in total. The van der Waals surface area contributed by atoms with Crippen molar-refractivity contribution in [2.24, 2.45) is 0 Å². The number of imidazole rings is 1. The zero-order valence-electron chi connectivity index (χ0n) is 16.3. The van der Waals surface area contributed by atoms with Crippen molar-refractivity contribution in [3.8, 4) is 0 Å². The highest BCUT2D eigenvalue weighted by molar-refractivity contribution is 7.89. The summed E-state index contributed by atoms with van der Waals surface area (Å²) < 4.78 is 35.3. The third kappa shape index (κ3) is 5.42. The van der Waals surface area contributed by atoms with Crippen molar-refractivity contribution in [3.63, 3.8) is 0 Å². The van der Waals surface area contributed by atoms with Gasteiger partial charge in [-0.25, -0.2) is 18.1 Å². The Bertz CT molecular complexity index is 1040. The van der Waals surface area contributed by atoms with E-state index in [1.54, 1.807) is 6.33 Å². The van der Waals surface area contributed by atoms with Gasteiger partial charge in [0, 0.05) is 32.7 Å². The second-order valence-electron chi connectivity index (χ2n) is 7.31. The van der Waals surface area contributed by atoms with E-state index < -0.39 is 10.0 Å². The predicted molar refractivity (Wildman–Crippen MR) is 113 cm³/mol. The number of rotatable bonds is 8. The molecule has 4 rings (SSSR count). The number of sulfonamides is 1.